The maximum absolute atomic E-state index is 11.7. The molecule has 0 amide bonds. The van der Waals surface area contributed by atoms with E-state index in [4.69, 9.17) is 0 Å². The molecule has 1 aliphatic carbocycles. The number of hydrogen-bond acceptors (Lipinski definition) is 2. The first-order valence-electron chi connectivity index (χ1n) is 5.34. The van der Waals surface area contributed by atoms with Gasteiger partial charge in [-0.1, -0.05) is 20.8 Å². The van der Waals surface area contributed by atoms with Gasteiger partial charge in [-0.05, 0) is 25.7 Å². The van der Waals surface area contributed by atoms with Gasteiger partial charge in [-0.25, -0.2) is 0 Å². The van der Waals surface area contributed by atoms with Crippen LogP contribution < -0.4 is 0 Å². The van der Waals surface area contributed by atoms with Crippen molar-refractivity contribution >= 4 is 11.6 Å². The van der Waals surface area contributed by atoms with E-state index in [1.807, 2.05) is 20.8 Å². The highest BCUT2D eigenvalue weighted by Crippen LogP contribution is 2.38. The normalized spacial score (nSPS) is 26.9. The molecule has 2 nitrogen and oxygen atoms in total. The predicted molar refractivity (Wildman–Crippen MR) is 56.0 cm³/mol. The third-order valence-corrected chi connectivity index (χ3v) is 3.12. The molecule has 1 fully saturated rings. The Morgan fingerprint density at radius 1 is 1.21 bits per heavy atom. The van der Waals surface area contributed by atoms with Crippen molar-refractivity contribution in [2.75, 3.05) is 0 Å². The summed E-state index contributed by atoms with van der Waals surface area (Å²) in [5, 5.41) is 0. The van der Waals surface area contributed by atoms with Gasteiger partial charge in [-0.3, -0.25) is 9.59 Å². The van der Waals surface area contributed by atoms with Crippen LogP contribution in [0.5, 0.6) is 0 Å². The topological polar surface area (TPSA) is 34.1 Å². The first-order chi connectivity index (χ1) is 6.30. The van der Waals surface area contributed by atoms with Crippen LogP contribution in [0.15, 0.2) is 0 Å². The summed E-state index contributed by atoms with van der Waals surface area (Å²) in [6.07, 6.45) is 2.52. The average molecular weight is 196 g/mol. The molecule has 0 bridgehead atoms. The molecule has 2 heteroatoms. The Bertz CT molecular complexity index is 242. The van der Waals surface area contributed by atoms with Gasteiger partial charge in [0.25, 0.3) is 0 Å². The maximum Gasteiger partial charge on any atom is 0.138 e. The highest BCUT2D eigenvalue weighted by Gasteiger charge is 2.35. The average Bonchev–Trinajstić information content (AvgIpc) is 1.92. The molecule has 80 valence electrons. The van der Waals surface area contributed by atoms with Crippen molar-refractivity contribution in [1.29, 1.82) is 0 Å². The van der Waals surface area contributed by atoms with Gasteiger partial charge in [0.05, 0.1) is 0 Å². The summed E-state index contributed by atoms with van der Waals surface area (Å²) in [5.41, 5.74) is -0.221. The zero-order valence-corrected chi connectivity index (χ0v) is 9.59. The van der Waals surface area contributed by atoms with Crippen LogP contribution in [0.2, 0.25) is 0 Å². The minimum Gasteiger partial charge on any atom is -0.300 e. The number of carbonyl (C=O) groups is 2. The van der Waals surface area contributed by atoms with E-state index in [0.29, 0.717) is 18.1 Å². The lowest BCUT2D eigenvalue weighted by atomic mass is 9.69. The molecule has 0 unspecified atom stereocenters. The number of hydrogen-bond donors (Lipinski definition) is 0. The molecule has 0 aromatic heterocycles. The molecule has 0 atom stereocenters. The van der Waals surface area contributed by atoms with Gasteiger partial charge < -0.3 is 0 Å². The first-order valence-corrected chi connectivity index (χ1v) is 5.34. The molecule has 0 aromatic rings. The Kier molecular flexibility index (Phi) is 3.13. The van der Waals surface area contributed by atoms with Crippen molar-refractivity contribution in [2.45, 2.75) is 47.0 Å². The Hall–Kier alpha value is -0.660. The summed E-state index contributed by atoms with van der Waals surface area (Å²) in [4.78, 5) is 22.6. The zero-order chi connectivity index (χ0) is 10.9. The molecule has 0 aromatic carbocycles. The molecular formula is C12H20O2. The predicted octanol–water partition coefficient (Wildman–Crippen LogP) is 2.61. The molecule has 0 aliphatic heterocycles. The maximum atomic E-state index is 11.7. The van der Waals surface area contributed by atoms with Crippen LogP contribution in [0.3, 0.4) is 0 Å². The van der Waals surface area contributed by atoms with Gasteiger partial charge in [-0.2, -0.15) is 0 Å². The van der Waals surface area contributed by atoms with Gasteiger partial charge in [0, 0.05) is 17.8 Å². The van der Waals surface area contributed by atoms with E-state index < -0.39 is 0 Å². The highest BCUT2D eigenvalue weighted by molar-refractivity contribution is 5.84. The molecule has 1 saturated carbocycles. The Balaban J connectivity index is 2.30. The minimum absolute atomic E-state index is 0.221. The summed E-state index contributed by atoms with van der Waals surface area (Å²) in [7, 11) is 0. The van der Waals surface area contributed by atoms with E-state index in [2.05, 4.69) is 0 Å². The summed E-state index contributed by atoms with van der Waals surface area (Å²) in [6, 6.07) is 0. The van der Waals surface area contributed by atoms with E-state index in [9.17, 15) is 9.59 Å². The first kappa shape index (κ1) is 11.4. The van der Waals surface area contributed by atoms with Crippen molar-refractivity contribution in [3.63, 3.8) is 0 Å². The molecule has 1 rings (SSSR count). The van der Waals surface area contributed by atoms with E-state index in [1.165, 1.54) is 0 Å². The highest BCUT2D eigenvalue weighted by atomic mass is 16.1. The van der Waals surface area contributed by atoms with Gasteiger partial charge in [0.15, 0.2) is 0 Å². The number of ketones is 2. The monoisotopic (exact) mass is 196 g/mol. The fraction of sp³-hybridized carbons (Fsp3) is 0.833. The van der Waals surface area contributed by atoms with Gasteiger partial charge in [0.1, 0.15) is 11.6 Å². The Labute approximate surface area is 86.1 Å². The lowest BCUT2D eigenvalue weighted by Gasteiger charge is -2.34. The largest absolute Gasteiger partial charge is 0.300 e. The zero-order valence-electron chi connectivity index (χ0n) is 9.59. The Morgan fingerprint density at radius 2 is 1.71 bits per heavy atom. The van der Waals surface area contributed by atoms with E-state index in [-0.39, 0.29) is 17.1 Å². The third-order valence-electron chi connectivity index (χ3n) is 3.12. The second kappa shape index (κ2) is 3.84. The van der Waals surface area contributed by atoms with Crippen molar-refractivity contribution in [3.8, 4) is 0 Å². The second-order valence-corrected chi connectivity index (χ2v) is 5.52. The van der Waals surface area contributed by atoms with Crippen LogP contribution in [-0.2, 0) is 9.59 Å². The lowest BCUT2D eigenvalue weighted by molar-refractivity contribution is -0.131. The van der Waals surface area contributed by atoms with E-state index in [0.717, 1.165) is 12.8 Å². The smallest absolute Gasteiger partial charge is 0.138 e. The van der Waals surface area contributed by atoms with Crippen LogP contribution in [0.25, 0.3) is 0 Å². The van der Waals surface area contributed by atoms with Crippen LogP contribution in [0, 0.1) is 17.3 Å². The van der Waals surface area contributed by atoms with Crippen LogP contribution in [0.1, 0.15) is 47.0 Å². The number of rotatable bonds is 3. The van der Waals surface area contributed by atoms with Gasteiger partial charge >= 0.3 is 0 Å². The molecule has 0 radical (unpaired) electrons. The van der Waals surface area contributed by atoms with Gasteiger partial charge in [-0.15, -0.1) is 0 Å². The van der Waals surface area contributed by atoms with Crippen LogP contribution in [0.4, 0.5) is 0 Å². The molecule has 0 saturated heterocycles. The Morgan fingerprint density at radius 3 is 2.07 bits per heavy atom. The molecule has 0 spiro atoms. The van der Waals surface area contributed by atoms with Crippen molar-refractivity contribution in [1.82, 2.24) is 0 Å². The lowest BCUT2D eigenvalue weighted by Crippen LogP contribution is -2.33. The quantitative estimate of drug-likeness (QED) is 0.695. The van der Waals surface area contributed by atoms with Gasteiger partial charge in [0.2, 0.25) is 0 Å². The molecule has 0 heterocycles. The van der Waals surface area contributed by atoms with Crippen LogP contribution >= 0.6 is 0 Å². The SMILES string of the molecule is CC(=O)C1CC(CC(=O)C(C)(C)C)C1. The summed E-state index contributed by atoms with van der Waals surface area (Å²) in [6.45, 7) is 7.51. The number of carbonyl (C=O) groups excluding carboxylic acids is 2. The van der Waals surface area contributed by atoms with E-state index in [1.54, 1.807) is 6.92 Å². The molecule has 14 heavy (non-hydrogen) atoms. The molecule has 1 aliphatic rings. The minimum atomic E-state index is -0.221. The second-order valence-electron chi connectivity index (χ2n) is 5.52. The van der Waals surface area contributed by atoms with E-state index >= 15 is 0 Å². The van der Waals surface area contributed by atoms with Crippen molar-refractivity contribution in [3.05, 3.63) is 0 Å². The standard InChI is InChI=1S/C12H20O2/c1-8(13)10-5-9(6-10)7-11(14)12(2,3)4/h9-10H,5-7H2,1-4H3. The molecular weight excluding hydrogens is 176 g/mol. The summed E-state index contributed by atoms with van der Waals surface area (Å²) in [5.74, 6) is 1.32. The fourth-order valence-corrected chi connectivity index (χ4v) is 1.80. The fourth-order valence-electron chi connectivity index (χ4n) is 1.80. The molecule has 0 N–H and O–H groups in total. The van der Waals surface area contributed by atoms with Crippen molar-refractivity contribution in [2.24, 2.45) is 17.3 Å². The van der Waals surface area contributed by atoms with Crippen LogP contribution in [-0.4, -0.2) is 11.6 Å². The summed E-state index contributed by atoms with van der Waals surface area (Å²) < 4.78 is 0. The number of Topliss-reactive ketones (excluding diaryl/α,β-unsaturated/α-hetero) is 2. The van der Waals surface area contributed by atoms with Crippen molar-refractivity contribution < 1.29 is 9.59 Å². The summed E-state index contributed by atoms with van der Waals surface area (Å²) >= 11 is 0. The third kappa shape index (κ3) is 2.66.